The molecule has 0 radical (unpaired) electrons. The zero-order chi connectivity index (χ0) is 11.3. The molecule has 0 aliphatic rings. The zero-order valence-electron chi connectivity index (χ0n) is 9.98. The van der Waals surface area contributed by atoms with Crippen molar-refractivity contribution >= 4 is 0 Å². The van der Waals surface area contributed by atoms with Gasteiger partial charge in [-0.25, -0.2) is 4.98 Å². The molecular formula is C12H22N2O. The Kier molecular flexibility index (Phi) is 4.82. The minimum absolute atomic E-state index is 0.193. The second kappa shape index (κ2) is 5.91. The molecule has 0 bridgehead atoms. The van der Waals surface area contributed by atoms with Crippen LogP contribution in [0, 0.1) is 5.92 Å². The van der Waals surface area contributed by atoms with E-state index in [4.69, 9.17) is 0 Å². The van der Waals surface area contributed by atoms with Crippen molar-refractivity contribution in [3.8, 4) is 0 Å². The first-order chi connectivity index (χ1) is 7.15. The summed E-state index contributed by atoms with van der Waals surface area (Å²) in [4.78, 5) is 4.24. The summed E-state index contributed by atoms with van der Waals surface area (Å²) in [7, 11) is 1.99. The average Bonchev–Trinajstić information content (AvgIpc) is 2.61. The number of aromatic nitrogens is 2. The quantitative estimate of drug-likeness (QED) is 0.781. The molecule has 0 spiro atoms. The molecule has 0 aliphatic carbocycles. The molecule has 3 heteroatoms. The highest BCUT2D eigenvalue weighted by Crippen LogP contribution is 2.15. The Labute approximate surface area is 92.1 Å². The second-order valence-electron chi connectivity index (χ2n) is 4.33. The van der Waals surface area contributed by atoms with Crippen LogP contribution in [0.1, 0.15) is 38.9 Å². The lowest BCUT2D eigenvalue weighted by molar-refractivity contribution is 0.102. The summed E-state index contributed by atoms with van der Waals surface area (Å²) in [5.41, 5.74) is 0. The van der Waals surface area contributed by atoms with Gasteiger partial charge in [0.05, 0.1) is 6.10 Å². The first-order valence-corrected chi connectivity index (χ1v) is 5.79. The third-order valence-electron chi connectivity index (χ3n) is 2.99. The van der Waals surface area contributed by atoms with E-state index < -0.39 is 0 Å². The molecule has 2 unspecified atom stereocenters. The molecular weight excluding hydrogens is 188 g/mol. The van der Waals surface area contributed by atoms with Crippen LogP contribution >= 0.6 is 0 Å². The summed E-state index contributed by atoms with van der Waals surface area (Å²) in [5, 5.41) is 9.90. The Hall–Kier alpha value is -0.830. The first kappa shape index (κ1) is 12.2. The number of aliphatic hydroxyl groups is 1. The molecule has 1 aromatic heterocycles. The van der Waals surface area contributed by atoms with E-state index >= 15 is 0 Å². The normalized spacial score (nSPS) is 15.2. The van der Waals surface area contributed by atoms with Gasteiger partial charge in [0.1, 0.15) is 5.82 Å². The molecule has 0 saturated carbocycles. The van der Waals surface area contributed by atoms with E-state index in [1.54, 1.807) is 6.20 Å². The maximum atomic E-state index is 9.90. The number of hydrogen-bond acceptors (Lipinski definition) is 2. The Balaban J connectivity index is 2.34. The highest BCUT2D eigenvalue weighted by atomic mass is 16.3. The fraction of sp³-hybridized carbons (Fsp3) is 0.750. The van der Waals surface area contributed by atoms with Gasteiger partial charge in [-0.1, -0.05) is 20.3 Å². The van der Waals surface area contributed by atoms with Crippen molar-refractivity contribution < 1.29 is 5.11 Å². The van der Waals surface area contributed by atoms with Crippen molar-refractivity contribution in [3.63, 3.8) is 0 Å². The lowest BCUT2D eigenvalue weighted by atomic mass is 9.96. The summed E-state index contributed by atoms with van der Waals surface area (Å²) >= 11 is 0. The molecule has 0 amide bonds. The van der Waals surface area contributed by atoms with Crippen LogP contribution in [-0.2, 0) is 13.5 Å². The van der Waals surface area contributed by atoms with Crippen LogP contribution in [0.25, 0.3) is 0 Å². The fourth-order valence-corrected chi connectivity index (χ4v) is 1.85. The number of aryl methyl sites for hydroxylation is 2. The van der Waals surface area contributed by atoms with Crippen LogP contribution in [0.2, 0.25) is 0 Å². The number of hydrogen-bond donors (Lipinski definition) is 1. The maximum absolute atomic E-state index is 9.90. The highest BCUT2D eigenvalue weighted by molar-refractivity contribution is 4.91. The SMILES string of the molecule is CCCC(C)C(O)CCc1nccn1C. The monoisotopic (exact) mass is 210 g/mol. The van der Waals surface area contributed by atoms with Gasteiger partial charge in [0.25, 0.3) is 0 Å². The van der Waals surface area contributed by atoms with Gasteiger partial charge in [0.15, 0.2) is 0 Å². The summed E-state index contributed by atoms with van der Waals surface area (Å²) in [6.45, 7) is 4.27. The van der Waals surface area contributed by atoms with Crippen molar-refractivity contribution in [2.24, 2.45) is 13.0 Å². The third-order valence-corrected chi connectivity index (χ3v) is 2.99. The summed E-state index contributed by atoms with van der Waals surface area (Å²) in [5.74, 6) is 1.45. The molecule has 1 aromatic rings. The van der Waals surface area contributed by atoms with E-state index in [-0.39, 0.29) is 6.10 Å². The van der Waals surface area contributed by atoms with E-state index in [0.29, 0.717) is 5.92 Å². The van der Waals surface area contributed by atoms with E-state index in [1.807, 2.05) is 17.8 Å². The number of nitrogens with zero attached hydrogens (tertiary/aromatic N) is 2. The standard InChI is InChI=1S/C12H22N2O/c1-4-5-10(2)11(15)6-7-12-13-8-9-14(12)3/h8-11,15H,4-7H2,1-3H3. The van der Waals surface area contributed by atoms with Gasteiger partial charge in [-0.15, -0.1) is 0 Å². The van der Waals surface area contributed by atoms with Crippen LogP contribution in [-0.4, -0.2) is 20.8 Å². The van der Waals surface area contributed by atoms with Crippen LogP contribution < -0.4 is 0 Å². The van der Waals surface area contributed by atoms with Crippen molar-refractivity contribution in [2.45, 2.75) is 45.6 Å². The van der Waals surface area contributed by atoms with E-state index in [2.05, 4.69) is 18.8 Å². The van der Waals surface area contributed by atoms with Crippen LogP contribution in [0.4, 0.5) is 0 Å². The van der Waals surface area contributed by atoms with Crippen LogP contribution in [0.3, 0.4) is 0 Å². The van der Waals surface area contributed by atoms with Crippen molar-refractivity contribution in [2.75, 3.05) is 0 Å². The Bertz CT molecular complexity index is 283. The van der Waals surface area contributed by atoms with Crippen LogP contribution in [0.5, 0.6) is 0 Å². The maximum Gasteiger partial charge on any atom is 0.108 e. The summed E-state index contributed by atoms with van der Waals surface area (Å²) in [6.07, 6.45) is 7.46. The van der Waals surface area contributed by atoms with E-state index in [9.17, 15) is 5.11 Å². The fourth-order valence-electron chi connectivity index (χ4n) is 1.85. The molecule has 0 aliphatic heterocycles. The molecule has 1 heterocycles. The van der Waals surface area contributed by atoms with Gasteiger partial charge in [-0.3, -0.25) is 0 Å². The molecule has 86 valence electrons. The van der Waals surface area contributed by atoms with Gasteiger partial charge in [-0.05, 0) is 18.8 Å². The minimum Gasteiger partial charge on any atom is -0.393 e. The molecule has 1 N–H and O–H groups in total. The lowest BCUT2D eigenvalue weighted by Gasteiger charge is -2.17. The highest BCUT2D eigenvalue weighted by Gasteiger charge is 2.13. The number of imidazole rings is 1. The van der Waals surface area contributed by atoms with Gasteiger partial charge < -0.3 is 9.67 Å². The van der Waals surface area contributed by atoms with Crippen molar-refractivity contribution in [1.82, 2.24) is 9.55 Å². The lowest BCUT2D eigenvalue weighted by Crippen LogP contribution is -2.18. The molecule has 0 aromatic carbocycles. The number of rotatable bonds is 6. The predicted octanol–water partition coefficient (Wildman–Crippen LogP) is 2.15. The smallest absolute Gasteiger partial charge is 0.108 e. The summed E-state index contributed by atoms with van der Waals surface area (Å²) in [6, 6.07) is 0. The second-order valence-corrected chi connectivity index (χ2v) is 4.33. The van der Waals surface area contributed by atoms with Gasteiger partial charge >= 0.3 is 0 Å². The average molecular weight is 210 g/mol. The molecule has 3 nitrogen and oxygen atoms in total. The van der Waals surface area contributed by atoms with Crippen molar-refractivity contribution in [3.05, 3.63) is 18.2 Å². The topological polar surface area (TPSA) is 38.1 Å². The Morgan fingerprint density at radius 3 is 2.73 bits per heavy atom. The van der Waals surface area contributed by atoms with Crippen LogP contribution in [0.15, 0.2) is 12.4 Å². The largest absolute Gasteiger partial charge is 0.393 e. The zero-order valence-corrected chi connectivity index (χ0v) is 9.98. The van der Waals surface area contributed by atoms with Gasteiger partial charge in [0.2, 0.25) is 0 Å². The van der Waals surface area contributed by atoms with E-state index in [1.165, 1.54) is 0 Å². The van der Waals surface area contributed by atoms with Gasteiger partial charge in [0, 0.05) is 25.9 Å². The Morgan fingerprint density at radius 1 is 1.47 bits per heavy atom. The minimum atomic E-state index is -0.193. The molecule has 1 rings (SSSR count). The number of aliphatic hydroxyl groups excluding tert-OH is 1. The molecule has 2 atom stereocenters. The van der Waals surface area contributed by atoms with Gasteiger partial charge in [-0.2, -0.15) is 0 Å². The third kappa shape index (κ3) is 3.67. The van der Waals surface area contributed by atoms with Crippen molar-refractivity contribution in [1.29, 1.82) is 0 Å². The predicted molar refractivity (Wildman–Crippen MR) is 61.6 cm³/mol. The summed E-state index contributed by atoms with van der Waals surface area (Å²) < 4.78 is 2.01. The first-order valence-electron chi connectivity index (χ1n) is 5.79. The molecule has 0 fully saturated rings. The Morgan fingerprint density at radius 2 is 2.20 bits per heavy atom. The van der Waals surface area contributed by atoms with E-state index in [0.717, 1.165) is 31.5 Å². The molecule has 0 saturated heterocycles. The molecule has 15 heavy (non-hydrogen) atoms.